The quantitative estimate of drug-likeness (QED) is 0.845. The van der Waals surface area contributed by atoms with E-state index in [1.54, 1.807) is 0 Å². The lowest BCUT2D eigenvalue weighted by Gasteiger charge is -2.16. The normalized spacial score (nSPS) is 14.6. The van der Waals surface area contributed by atoms with Gasteiger partial charge in [-0.25, -0.2) is 0 Å². The molecule has 3 heteroatoms. The monoisotopic (exact) mass is 281 g/mol. The van der Waals surface area contributed by atoms with Crippen molar-refractivity contribution in [1.29, 1.82) is 0 Å². The third-order valence-corrected chi connectivity index (χ3v) is 3.77. The van der Waals surface area contributed by atoms with Crippen molar-refractivity contribution >= 4 is 0 Å². The SMILES string of the molecule is CN(Cc1cccc(CNC2CC2)c1)Cc1ccccn1. The second-order valence-electron chi connectivity index (χ2n) is 5.97. The van der Waals surface area contributed by atoms with Crippen molar-refractivity contribution in [2.45, 2.75) is 38.5 Å². The molecule has 1 heterocycles. The van der Waals surface area contributed by atoms with Crippen LogP contribution in [0.3, 0.4) is 0 Å². The maximum atomic E-state index is 4.38. The number of hydrogen-bond donors (Lipinski definition) is 1. The smallest absolute Gasteiger partial charge is 0.0543 e. The Hall–Kier alpha value is -1.71. The Morgan fingerprint density at radius 3 is 2.71 bits per heavy atom. The second kappa shape index (κ2) is 6.83. The minimum atomic E-state index is 0.764. The molecule has 3 rings (SSSR count). The molecule has 1 aliphatic carbocycles. The topological polar surface area (TPSA) is 28.2 Å². The van der Waals surface area contributed by atoms with Gasteiger partial charge in [0.05, 0.1) is 5.69 Å². The van der Waals surface area contributed by atoms with Gasteiger partial charge in [0.2, 0.25) is 0 Å². The van der Waals surface area contributed by atoms with E-state index in [9.17, 15) is 0 Å². The molecule has 0 aliphatic heterocycles. The number of benzene rings is 1. The maximum Gasteiger partial charge on any atom is 0.0543 e. The highest BCUT2D eigenvalue weighted by Crippen LogP contribution is 2.19. The summed E-state index contributed by atoms with van der Waals surface area (Å²) in [6.07, 6.45) is 4.53. The zero-order chi connectivity index (χ0) is 14.5. The Morgan fingerprint density at radius 2 is 1.95 bits per heavy atom. The van der Waals surface area contributed by atoms with Crippen LogP contribution >= 0.6 is 0 Å². The van der Waals surface area contributed by atoms with Crippen LogP contribution in [0.5, 0.6) is 0 Å². The minimum Gasteiger partial charge on any atom is -0.310 e. The molecule has 2 aromatic rings. The van der Waals surface area contributed by atoms with E-state index in [1.807, 2.05) is 18.3 Å². The van der Waals surface area contributed by atoms with Crippen LogP contribution in [0.1, 0.15) is 29.7 Å². The average Bonchev–Trinajstić information content (AvgIpc) is 3.31. The van der Waals surface area contributed by atoms with E-state index in [2.05, 4.69) is 52.6 Å². The molecule has 110 valence electrons. The van der Waals surface area contributed by atoms with Crippen molar-refractivity contribution in [3.8, 4) is 0 Å². The second-order valence-corrected chi connectivity index (χ2v) is 5.97. The van der Waals surface area contributed by atoms with Gasteiger partial charge >= 0.3 is 0 Å². The Balaban J connectivity index is 1.54. The first kappa shape index (κ1) is 14.2. The summed E-state index contributed by atoms with van der Waals surface area (Å²) >= 11 is 0. The summed E-state index contributed by atoms with van der Waals surface area (Å²) in [6, 6.07) is 15.7. The maximum absolute atomic E-state index is 4.38. The molecule has 1 fully saturated rings. The predicted molar refractivity (Wildman–Crippen MR) is 85.7 cm³/mol. The third kappa shape index (κ3) is 4.66. The summed E-state index contributed by atoms with van der Waals surface area (Å²) in [5.74, 6) is 0. The fourth-order valence-electron chi connectivity index (χ4n) is 2.52. The predicted octanol–water partition coefficient (Wildman–Crippen LogP) is 2.97. The van der Waals surface area contributed by atoms with E-state index in [1.165, 1.54) is 24.0 Å². The molecular weight excluding hydrogens is 258 g/mol. The van der Waals surface area contributed by atoms with Gasteiger partial charge in [-0.1, -0.05) is 30.3 Å². The van der Waals surface area contributed by atoms with Crippen molar-refractivity contribution < 1.29 is 0 Å². The summed E-state index contributed by atoms with van der Waals surface area (Å²) in [5, 5.41) is 3.57. The van der Waals surface area contributed by atoms with Crippen LogP contribution in [0.2, 0.25) is 0 Å². The third-order valence-electron chi connectivity index (χ3n) is 3.77. The molecule has 1 aromatic carbocycles. The van der Waals surface area contributed by atoms with Gasteiger partial charge in [0.1, 0.15) is 0 Å². The molecule has 1 N–H and O–H groups in total. The van der Waals surface area contributed by atoms with Crippen molar-refractivity contribution in [2.24, 2.45) is 0 Å². The van der Waals surface area contributed by atoms with Gasteiger partial charge in [-0.3, -0.25) is 9.88 Å². The lowest BCUT2D eigenvalue weighted by molar-refractivity contribution is 0.315. The van der Waals surface area contributed by atoms with Gasteiger partial charge < -0.3 is 5.32 Å². The van der Waals surface area contributed by atoms with Gasteiger partial charge in [0, 0.05) is 31.9 Å². The number of nitrogens with zero attached hydrogens (tertiary/aromatic N) is 2. The molecule has 0 radical (unpaired) electrons. The number of hydrogen-bond acceptors (Lipinski definition) is 3. The van der Waals surface area contributed by atoms with Crippen LogP contribution in [0, 0.1) is 0 Å². The highest BCUT2D eigenvalue weighted by atomic mass is 15.1. The fraction of sp³-hybridized carbons (Fsp3) is 0.389. The van der Waals surface area contributed by atoms with E-state index >= 15 is 0 Å². The average molecular weight is 281 g/mol. The molecule has 1 saturated carbocycles. The van der Waals surface area contributed by atoms with Crippen LogP contribution in [-0.2, 0) is 19.6 Å². The fourth-order valence-corrected chi connectivity index (χ4v) is 2.52. The number of nitrogens with one attached hydrogen (secondary N) is 1. The number of pyridine rings is 1. The molecule has 0 spiro atoms. The molecule has 0 unspecified atom stereocenters. The standard InChI is InChI=1S/C18H23N3/c1-21(14-18-7-2-3-10-19-18)13-16-6-4-5-15(11-16)12-20-17-8-9-17/h2-7,10-11,17,20H,8-9,12-14H2,1H3. The molecule has 0 bridgehead atoms. The number of aromatic nitrogens is 1. The van der Waals surface area contributed by atoms with Gasteiger partial charge in [-0.2, -0.15) is 0 Å². The van der Waals surface area contributed by atoms with Gasteiger partial charge in [-0.05, 0) is 43.1 Å². The Kier molecular flexibility index (Phi) is 4.63. The Morgan fingerprint density at radius 1 is 1.10 bits per heavy atom. The van der Waals surface area contributed by atoms with Crippen molar-refractivity contribution in [1.82, 2.24) is 15.2 Å². The van der Waals surface area contributed by atoms with Gasteiger partial charge in [0.25, 0.3) is 0 Å². The van der Waals surface area contributed by atoms with Crippen molar-refractivity contribution in [2.75, 3.05) is 7.05 Å². The van der Waals surface area contributed by atoms with E-state index < -0.39 is 0 Å². The number of rotatable bonds is 7. The van der Waals surface area contributed by atoms with Crippen LogP contribution in [0.4, 0.5) is 0 Å². The van der Waals surface area contributed by atoms with Crippen LogP contribution in [0.15, 0.2) is 48.7 Å². The molecular formula is C18H23N3. The summed E-state index contributed by atoms with van der Waals surface area (Å²) in [4.78, 5) is 6.68. The van der Waals surface area contributed by atoms with Crippen LogP contribution in [-0.4, -0.2) is 23.0 Å². The van der Waals surface area contributed by atoms with E-state index in [4.69, 9.17) is 0 Å². The first-order valence-corrected chi connectivity index (χ1v) is 7.69. The summed E-state index contributed by atoms with van der Waals surface area (Å²) in [7, 11) is 2.14. The lowest BCUT2D eigenvalue weighted by atomic mass is 10.1. The van der Waals surface area contributed by atoms with Gasteiger partial charge in [-0.15, -0.1) is 0 Å². The molecule has 21 heavy (non-hydrogen) atoms. The largest absolute Gasteiger partial charge is 0.310 e. The molecule has 1 aromatic heterocycles. The molecule has 1 aliphatic rings. The first-order valence-electron chi connectivity index (χ1n) is 7.69. The van der Waals surface area contributed by atoms with Crippen molar-refractivity contribution in [3.63, 3.8) is 0 Å². The Bertz CT molecular complexity index is 564. The van der Waals surface area contributed by atoms with Gasteiger partial charge in [0.15, 0.2) is 0 Å². The minimum absolute atomic E-state index is 0.764. The summed E-state index contributed by atoms with van der Waals surface area (Å²) in [5.41, 5.74) is 3.86. The molecule has 3 nitrogen and oxygen atoms in total. The van der Waals surface area contributed by atoms with E-state index in [0.717, 1.165) is 31.4 Å². The van der Waals surface area contributed by atoms with E-state index in [-0.39, 0.29) is 0 Å². The lowest BCUT2D eigenvalue weighted by Crippen LogP contribution is -2.18. The highest BCUT2D eigenvalue weighted by molar-refractivity contribution is 5.23. The van der Waals surface area contributed by atoms with Crippen molar-refractivity contribution in [3.05, 3.63) is 65.5 Å². The Labute approximate surface area is 127 Å². The van der Waals surface area contributed by atoms with Crippen LogP contribution < -0.4 is 5.32 Å². The zero-order valence-electron chi connectivity index (χ0n) is 12.6. The summed E-state index contributed by atoms with van der Waals surface area (Å²) < 4.78 is 0. The molecule has 0 atom stereocenters. The van der Waals surface area contributed by atoms with Crippen LogP contribution in [0.25, 0.3) is 0 Å². The molecule has 0 saturated heterocycles. The highest BCUT2D eigenvalue weighted by Gasteiger charge is 2.19. The summed E-state index contributed by atoms with van der Waals surface area (Å²) in [6.45, 7) is 2.82. The zero-order valence-corrected chi connectivity index (χ0v) is 12.6. The molecule has 0 amide bonds. The first-order chi connectivity index (χ1) is 10.3. The van der Waals surface area contributed by atoms with E-state index in [0.29, 0.717) is 0 Å².